The maximum atomic E-state index is 9.13. The van der Waals surface area contributed by atoms with Crippen LogP contribution in [-0.2, 0) is 11.3 Å². The van der Waals surface area contributed by atoms with Crippen molar-refractivity contribution in [3.05, 3.63) is 72.2 Å². The molecule has 1 atom stereocenters. The highest BCUT2D eigenvalue weighted by molar-refractivity contribution is 5.72. The van der Waals surface area contributed by atoms with Crippen molar-refractivity contribution < 1.29 is 4.74 Å². The van der Waals surface area contributed by atoms with Crippen LogP contribution in [0.4, 0.5) is 5.69 Å². The lowest BCUT2D eigenvalue weighted by atomic mass is 10.1. The summed E-state index contributed by atoms with van der Waals surface area (Å²) in [5, 5.41) is 17.8. The van der Waals surface area contributed by atoms with Gasteiger partial charge in [0.05, 0.1) is 35.7 Å². The summed E-state index contributed by atoms with van der Waals surface area (Å²) < 4.78 is 10.3. The van der Waals surface area contributed by atoms with Crippen LogP contribution in [0, 0.1) is 11.3 Å². The van der Waals surface area contributed by atoms with E-state index in [1.807, 2.05) is 24.3 Å². The molecule has 6 rings (SSSR count). The Morgan fingerprint density at radius 2 is 1.97 bits per heavy atom. The van der Waals surface area contributed by atoms with Gasteiger partial charge in [0.2, 0.25) is 0 Å². The van der Waals surface area contributed by atoms with E-state index in [4.69, 9.17) is 10.00 Å². The van der Waals surface area contributed by atoms with Crippen LogP contribution in [0.1, 0.15) is 11.1 Å². The highest BCUT2D eigenvalue weighted by Crippen LogP contribution is 2.35. The number of rotatable bonds is 4. The zero-order chi connectivity index (χ0) is 23.9. The van der Waals surface area contributed by atoms with E-state index in [9.17, 15) is 0 Å². The van der Waals surface area contributed by atoms with Crippen LogP contribution in [0.15, 0.2) is 61.1 Å². The van der Waals surface area contributed by atoms with Crippen molar-refractivity contribution >= 4 is 5.69 Å². The van der Waals surface area contributed by atoms with E-state index in [1.54, 1.807) is 6.33 Å². The van der Waals surface area contributed by atoms with E-state index in [0.29, 0.717) is 5.56 Å². The first-order chi connectivity index (χ1) is 17.1. The molecule has 176 valence electrons. The Labute approximate surface area is 204 Å². The molecule has 0 radical (unpaired) electrons. The normalized spacial score (nSPS) is 16.9. The monoisotopic (exact) mass is 465 g/mol. The zero-order valence-corrected chi connectivity index (χ0v) is 19.9. The predicted molar refractivity (Wildman–Crippen MR) is 135 cm³/mol. The maximum absolute atomic E-state index is 9.13. The molecular weight excluding hydrogens is 438 g/mol. The van der Waals surface area contributed by atoms with Crippen molar-refractivity contribution in [3.8, 4) is 34.4 Å². The number of nitrogens with zero attached hydrogens (tertiary/aromatic N) is 7. The second kappa shape index (κ2) is 8.69. The molecule has 0 unspecified atom stereocenters. The van der Waals surface area contributed by atoms with Gasteiger partial charge in [0.25, 0.3) is 0 Å². The molecule has 4 aromatic rings. The summed E-state index contributed by atoms with van der Waals surface area (Å²) in [6.07, 6.45) is 4.16. The summed E-state index contributed by atoms with van der Waals surface area (Å²) in [6.45, 7) is 4.16. The lowest BCUT2D eigenvalue weighted by Crippen LogP contribution is -2.46. The van der Waals surface area contributed by atoms with Gasteiger partial charge in [0.1, 0.15) is 6.33 Å². The van der Waals surface area contributed by atoms with Gasteiger partial charge in [-0.15, -0.1) is 10.2 Å². The van der Waals surface area contributed by atoms with Crippen molar-refractivity contribution in [3.63, 3.8) is 0 Å². The number of ether oxygens (including phenoxy) is 1. The van der Waals surface area contributed by atoms with Crippen molar-refractivity contribution in [2.24, 2.45) is 0 Å². The molecule has 0 spiro atoms. The van der Waals surface area contributed by atoms with Gasteiger partial charge in [-0.25, -0.2) is 0 Å². The van der Waals surface area contributed by atoms with Gasteiger partial charge in [0.15, 0.2) is 5.82 Å². The molecule has 2 aliphatic heterocycles. The fraction of sp³-hybridized carbons (Fsp3) is 0.296. The Kier molecular flexibility index (Phi) is 5.36. The molecular formula is C27H27N7O. The van der Waals surface area contributed by atoms with Crippen LogP contribution < -0.4 is 4.90 Å². The first kappa shape index (κ1) is 21.6. The third-order valence-electron chi connectivity index (χ3n) is 6.76. The van der Waals surface area contributed by atoms with Crippen molar-refractivity contribution in [2.45, 2.75) is 12.6 Å². The van der Waals surface area contributed by atoms with E-state index in [-0.39, 0.29) is 6.10 Å². The Morgan fingerprint density at radius 1 is 1.11 bits per heavy atom. The molecule has 2 aromatic carbocycles. The number of hydrogen-bond acceptors (Lipinski definition) is 6. The van der Waals surface area contributed by atoms with Gasteiger partial charge in [-0.3, -0.25) is 4.57 Å². The summed E-state index contributed by atoms with van der Waals surface area (Å²) in [4.78, 5) is 4.60. The maximum Gasteiger partial charge on any atom is 0.185 e. The fourth-order valence-electron chi connectivity index (χ4n) is 5.10. The van der Waals surface area contributed by atoms with E-state index in [0.717, 1.165) is 61.1 Å². The summed E-state index contributed by atoms with van der Waals surface area (Å²) in [5.41, 5.74) is 7.40. The number of likely N-dealkylation sites (N-methyl/N-ethyl adjacent to an activating group) is 1. The molecule has 0 bridgehead atoms. The first-order valence-electron chi connectivity index (χ1n) is 11.8. The van der Waals surface area contributed by atoms with Gasteiger partial charge in [-0.1, -0.05) is 12.1 Å². The SMILES string of the molecule is CN(C)C[C@H]1CN(c2ccc3c(c2)Cn2cc(-c4ccc(C#N)cc4)cc2-c2nncn2-3)CCO1. The Hall–Kier alpha value is -3.93. The summed E-state index contributed by atoms with van der Waals surface area (Å²) in [6, 6.07) is 18.7. The van der Waals surface area contributed by atoms with Crippen LogP contribution in [0.3, 0.4) is 0 Å². The number of morpholine rings is 1. The van der Waals surface area contributed by atoms with Crippen LogP contribution in [0.25, 0.3) is 28.3 Å². The summed E-state index contributed by atoms with van der Waals surface area (Å²) in [5.74, 6) is 0.828. The van der Waals surface area contributed by atoms with Gasteiger partial charge in [-0.2, -0.15) is 5.26 Å². The third kappa shape index (κ3) is 3.99. The van der Waals surface area contributed by atoms with Crippen LogP contribution in [0.2, 0.25) is 0 Å². The second-order valence-corrected chi connectivity index (χ2v) is 9.47. The highest BCUT2D eigenvalue weighted by atomic mass is 16.5. The quantitative estimate of drug-likeness (QED) is 0.405. The van der Waals surface area contributed by atoms with Crippen LogP contribution >= 0.6 is 0 Å². The molecule has 2 aliphatic rings. The molecule has 2 aromatic heterocycles. The third-order valence-corrected chi connectivity index (χ3v) is 6.76. The molecule has 0 aliphatic carbocycles. The minimum absolute atomic E-state index is 0.202. The zero-order valence-electron chi connectivity index (χ0n) is 19.9. The number of hydrogen-bond donors (Lipinski definition) is 0. The van der Waals surface area contributed by atoms with Crippen molar-refractivity contribution in [1.29, 1.82) is 5.26 Å². The standard InChI is InChI=1S/C27H27N7O/c1-31(2)16-24-17-32(9-10-35-24)23-7-8-25-22(11-23)15-33-14-21(20-5-3-19(13-28)4-6-20)12-26(33)27-30-29-18-34(25)27/h3-8,11-12,14,18,24H,9-10,15-17H2,1-2H3/t24-/m0/s1. The molecule has 1 fully saturated rings. The largest absolute Gasteiger partial charge is 0.373 e. The smallest absolute Gasteiger partial charge is 0.185 e. The number of anilines is 1. The minimum atomic E-state index is 0.202. The van der Waals surface area contributed by atoms with E-state index < -0.39 is 0 Å². The second-order valence-electron chi connectivity index (χ2n) is 9.47. The molecule has 35 heavy (non-hydrogen) atoms. The first-order valence-corrected chi connectivity index (χ1v) is 11.8. The molecule has 0 amide bonds. The predicted octanol–water partition coefficient (Wildman–Crippen LogP) is 3.40. The number of nitriles is 1. The van der Waals surface area contributed by atoms with Gasteiger partial charge >= 0.3 is 0 Å². The van der Waals surface area contributed by atoms with Gasteiger partial charge < -0.3 is 19.1 Å². The molecule has 8 nitrogen and oxygen atoms in total. The van der Waals surface area contributed by atoms with E-state index >= 15 is 0 Å². The highest BCUT2D eigenvalue weighted by Gasteiger charge is 2.25. The van der Waals surface area contributed by atoms with E-state index in [1.165, 1.54) is 11.3 Å². The molecule has 4 heterocycles. The van der Waals surface area contributed by atoms with Crippen molar-refractivity contribution in [1.82, 2.24) is 24.2 Å². The lowest BCUT2D eigenvalue weighted by molar-refractivity contribution is 0.0248. The van der Waals surface area contributed by atoms with Gasteiger partial charge in [0, 0.05) is 43.6 Å². The Balaban J connectivity index is 1.36. The van der Waals surface area contributed by atoms with Gasteiger partial charge in [-0.05, 0) is 61.6 Å². The number of aromatic nitrogens is 4. The topological polar surface area (TPSA) is 75.1 Å². The average molecular weight is 466 g/mol. The summed E-state index contributed by atoms with van der Waals surface area (Å²) >= 11 is 0. The molecule has 8 heteroatoms. The van der Waals surface area contributed by atoms with Crippen LogP contribution in [0.5, 0.6) is 0 Å². The number of benzene rings is 2. The molecule has 0 saturated carbocycles. The van der Waals surface area contributed by atoms with E-state index in [2.05, 4.69) is 79.8 Å². The molecule has 0 N–H and O–H groups in total. The Morgan fingerprint density at radius 3 is 2.77 bits per heavy atom. The number of fused-ring (bicyclic) bond motifs is 5. The Bertz CT molecular complexity index is 1410. The molecule has 1 saturated heterocycles. The minimum Gasteiger partial charge on any atom is -0.373 e. The fourth-order valence-corrected chi connectivity index (χ4v) is 5.10. The summed E-state index contributed by atoms with van der Waals surface area (Å²) in [7, 11) is 4.17. The van der Waals surface area contributed by atoms with Crippen LogP contribution in [-0.4, -0.2) is 70.7 Å². The van der Waals surface area contributed by atoms with Crippen molar-refractivity contribution in [2.75, 3.05) is 45.2 Å². The lowest BCUT2D eigenvalue weighted by Gasteiger charge is -2.36. The average Bonchev–Trinajstić information content (AvgIpc) is 3.49.